The van der Waals surface area contributed by atoms with Gasteiger partial charge in [0.1, 0.15) is 0 Å². The third kappa shape index (κ3) is 3.51. The third-order valence-corrected chi connectivity index (χ3v) is 5.17. The number of anilines is 1. The van der Waals surface area contributed by atoms with Crippen molar-refractivity contribution in [1.82, 2.24) is 20.8 Å². The Morgan fingerprint density at radius 2 is 1.71 bits per heavy atom. The van der Waals surface area contributed by atoms with Crippen LogP contribution in [0.4, 0.5) is 5.69 Å². The summed E-state index contributed by atoms with van der Waals surface area (Å²) in [7, 11) is 4.07. The first-order chi connectivity index (χ1) is 13.5. The summed E-state index contributed by atoms with van der Waals surface area (Å²) in [5.41, 5.74) is 7.43. The number of hydrogen-bond donors (Lipinski definition) is 3. The second-order valence-electron chi connectivity index (χ2n) is 7.09. The standard InChI is InChI=1S/C22H23N5S/c1-14-20(21(24-22(28)23-14)16-7-5-4-6-8-16)19-13-18(25-26-19)15-9-11-17(12-10-15)27(2)3/h4-13,21H,1-3H3,(H,25,26)(H2,23,24,28). The highest BCUT2D eigenvalue weighted by Crippen LogP contribution is 2.34. The van der Waals surface area contributed by atoms with Crippen LogP contribution in [0.15, 0.2) is 66.4 Å². The van der Waals surface area contributed by atoms with Crippen molar-refractivity contribution in [1.29, 1.82) is 0 Å². The molecule has 2 heterocycles. The molecule has 1 aliphatic heterocycles. The Labute approximate surface area is 170 Å². The Hall–Kier alpha value is -3.12. The molecule has 4 rings (SSSR count). The Bertz CT molecular complexity index is 1020. The topological polar surface area (TPSA) is 56.0 Å². The summed E-state index contributed by atoms with van der Waals surface area (Å²) in [4.78, 5) is 2.08. The molecule has 2 aromatic carbocycles. The molecule has 0 fully saturated rings. The highest BCUT2D eigenvalue weighted by atomic mass is 32.1. The summed E-state index contributed by atoms with van der Waals surface area (Å²) in [6, 6.07) is 20.8. The number of aromatic nitrogens is 2. The van der Waals surface area contributed by atoms with Crippen molar-refractivity contribution in [3.63, 3.8) is 0 Å². The van der Waals surface area contributed by atoms with Crippen LogP contribution < -0.4 is 15.5 Å². The highest BCUT2D eigenvalue weighted by Gasteiger charge is 2.27. The Morgan fingerprint density at radius 1 is 1.00 bits per heavy atom. The lowest BCUT2D eigenvalue weighted by Gasteiger charge is -2.30. The van der Waals surface area contributed by atoms with Gasteiger partial charge in [0.25, 0.3) is 0 Å². The number of nitrogens with one attached hydrogen (secondary N) is 3. The molecule has 1 aromatic heterocycles. The van der Waals surface area contributed by atoms with Gasteiger partial charge in [-0.2, -0.15) is 5.10 Å². The van der Waals surface area contributed by atoms with Gasteiger partial charge >= 0.3 is 0 Å². The third-order valence-electron chi connectivity index (χ3n) is 4.95. The molecular weight excluding hydrogens is 366 g/mol. The predicted molar refractivity (Wildman–Crippen MR) is 119 cm³/mol. The predicted octanol–water partition coefficient (Wildman–Crippen LogP) is 4.09. The molecule has 0 saturated carbocycles. The van der Waals surface area contributed by atoms with Crippen molar-refractivity contribution in [2.45, 2.75) is 13.0 Å². The quantitative estimate of drug-likeness (QED) is 0.587. The molecule has 0 amide bonds. The minimum atomic E-state index is -0.0284. The van der Waals surface area contributed by atoms with E-state index in [1.807, 2.05) is 39.2 Å². The van der Waals surface area contributed by atoms with Crippen molar-refractivity contribution >= 4 is 28.6 Å². The minimum absolute atomic E-state index is 0.0284. The van der Waals surface area contributed by atoms with Crippen molar-refractivity contribution in [2.24, 2.45) is 0 Å². The summed E-state index contributed by atoms with van der Waals surface area (Å²) >= 11 is 5.39. The fraction of sp³-hybridized carbons (Fsp3) is 0.182. The van der Waals surface area contributed by atoms with Crippen molar-refractivity contribution in [3.8, 4) is 11.3 Å². The van der Waals surface area contributed by atoms with Gasteiger partial charge in [-0.05, 0) is 42.9 Å². The number of rotatable bonds is 4. The highest BCUT2D eigenvalue weighted by molar-refractivity contribution is 7.80. The van der Waals surface area contributed by atoms with Crippen LogP contribution in [0.2, 0.25) is 0 Å². The molecule has 0 saturated heterocycles. The molecule has 142 valence electrons. The zero-order valence-electron chi connectivity index (χ0n) is 16.2. The molecule has 3 aromatic rings. The first-order valence-corrected chi connectivity index (χ1v) is 9.60. The molecule has 6 heteroatoms. The molecule has 0 aliphatic carbocycles. The zero-order valence-corrected chi connectivity index (χ0v) is 17.0. The summed E-state index contributed by atoms with van der Waals surface area (Å²) in [5.74, 6) is 0. The summed E-state index contributed by atoms with van der Waals surface area (Å²) in [6.07, 6.45) is 0. The van der Waals surface area contributed by atoms with Crippen LogP contribution in [0.25, 0.3) is 16.8 Å². The SMILES string of the molecule is CC1=C(c2cc(-c3ccc(N(C)C)cc3)n[nH]2)C(c2ccccc2)NC(=S)N1. The summed E-state index contributed by atoms with van der Waals surface area (Å²) in [6.45, 7) is 2.05. The van der Waals surface area contributed by atoms with E-state index < -0.39 is 0 Å². The first kappa shape index (κ1) is 18.3. The van der Waals surface area contributed by atoms with E-state index in [0.717, 1.165) is 39.5 Å². The van der Waals surface area contributed by atoms with E-state index in [0.29, 0.717) is 5.11 Å². The lowest BCUT2D eigenvalue weighted by atomic mass is 9.93. The molecule has 1 unspecified atom stereocenters. The molecule has 28 heavy (non-hydrogen) atoms. The fourth-order valence-electron chi connectivity index (χ4n) is 3.48. The van der Waals surface area contributed by atoms with Gasteiger partial charge in [-0.15, -0.1) is 0 Å². The number of H-pyrrole nitrogens is 1. The van der Waals surface area contributed by atoms with Crippen LogP contribution in [0, 0.1) is 0 Å². The smallest absolute Gasteiger partial charge is 0.171 e. The van der Waals surface area contributed by atoms with Crippen LogP contribution in [0.3, 0.4) is 0 Å². The van der Waals surface area contributed by atoms with Crippen LogP contribution in [0.1, 0.15) is 24.2 Å². The van der Waals surface area contributed by atoms with E-state index in [9.17, 15) is 0 Å². The number of allylic oxidation sites excluding steroid dienone is 1. The van der Waals surface area contributed by atoms with Crippen LogP contribution >= 0.6 is 12.2 Å². The minimum Gasteiger partial charge on any atom is -0.378 e. The fourth-order valence-corrected chi connectivity index (χ4v) is 3.76. The number of aromatic amines is 1. The number of hydrogen-bond acceptors (Lipinski definition) is 3. The zero-order chi connectivity index (χ0) is 19.7. The van der Waals surface area contributed by atoms with Gasteiger partial charge in [0.05, 0.1) is 17.4 Å². The maximum absolute atomic E-state index is 5.39. The van der Waals surface area contributed by atoms with Crippen LogP contribution in [-0.2, 0) is 0 Å². The summed E-state index contributed by atoms with van der Waals surface area (Å²) in [5, 5.41) is 15.0. The average Bonchev–Trinajstić information content (AvgIpc) is 3.17. The normalized spacial score (nSPS) is 16.5. The lowest BCUT2D eigenvalue weighted by molar-refractivity contribution is 0.755. The molecule has 0 spiro atoms. The second-order valence-corrected chi connectivity index (χ2v) is 7.50. The monoisotopic (exact) mass is 389 g/mol. The van der Waals surface area contributed by atoms with E-state index in [2.05, 4.69) is 68.2 Å². The maximum atomic E-state index is 5.39. The Balaban J connectivity index is 1.71. The van der Waals surface area contributed by atoms with E-state index in [4.69, 9.17) is 12.2 Å². The number of thiocarbonyl (C=S) groups is 1. The molecule has 3 N–H and O–H groups in total. The summed E-state index contributed by atoms with van der Waals surface area (Å²) < 4.78 is 0. The Morgan fingerprint density at radius 3 is 2.39 bits per heavy atom. The van der Waals surface area contributed by atoms with E-state index in [-0.39, 0.29) is 6.04 Å². The van der Waals surface area contributed by atoms with Gasteiger partial charge in [-0.25, -0.2) is 0 Å². The molecule has 1 atom stereocenters. The van der Waals surface area contributed by atoms with Crippen LogP contribution in [0.5, 0.6) is 0 Å². The Kier molecular flexibility index (Phi) is 4.88. The molecule has 0 bridgehead atoms. The molecule has 1 aliphatic rings. The molecular formula is C22H23N5S. The van der Waals surface area contributed by atoms with Crippen molar-refractivity contribution in [2.75, 3.05) is 19.0 Å². The molecule has 5 nitrogen and oxygen atoms in total. The second kappa shape index (κ2) is 7.48. The van der Waals surface area contributed by atoms with E-state index in [1.54, 1.807) is 0 Å². The van der Waals surface area contributed by atoms with E-state index >= 15 is 0 Å². The average molecular weight is 390 g/mol. The number of nitrogens with zero attached hydrogens (tertiary/aromatic N) is 2. The lowest BCUT2D eigenvalue weighted by Crippen LogP contribution is -2.42. The van der Waals surface area contributed by atoms with Gasteiger partial charge in [0, 0.05) is 36.6 Å². The van der Waals surface area contributed by atoms with Gasteiger partial charge in [-0.3, -0.25) is 5.10 Å². The van der Waals surface area contributed by atoms with Crippen LogP contribution in [-0.4, -0.2) is 29.4 Å². The largest absolute Gasteiger partial charge is 0.378 e. The van der Waals surface area contributed by atoms with E-state index in [1.165, 1.54) is 0 Å². The van der Waals surface area contributed by atoms with Gasteiger partial charge in [-0.1, -0.05) is 42.5 Å². The number of benzene rings is 2. The van der Waals surface area contributed by atoms with Gasteiger partial charge < -0.3 is 15.5 Å². The first-order valence-electron chi connectivity index (χ1n) is 9.19. The molecule has 0 radical (unpaired) electrons. The van der Waals surface area contributed by atoms with Crippen molar-refractivity contribution < 1.29 is 0 Å². The van der Waals surface area contributed by atoms with Gasteiger partial charge in [0.2, 0.25) is 0 Å². The maximum Gasteiger partial charge on any atom is 0.171 e. The van der Waals surface area contributed by atoms with Crippen molar-refractivity contribution in [3.05, 3.63) is 77.6 Å². The van der Waals surface area contributed by atoms with Gasteiger partial charge in [0.15, 0.2) is 5.11 Å².